The average molecular weight is 335 g/mol. The number of hydrogen-bond donors (Lipinski definition) is 2. The van der Waals surface area contributed by atoms with Gasteiger partial charge in [-0.05, 0) is 31.0 Å². The second-order valence-corrected chi connectivity index (χ2v) is 5.41. The van der Waals surface area contributed by atoms with E-state index in [1.54, 1.807) is 0 Å². The number of aromatic nitrogens is 2. The van der Waals surface area contributed by atoms with Crippen molar-refractivity contribution in [3.05, 3.63) is 59.2 Å². The molecule has 1 aromatic heterocycles. The fraction of sp³-hybridized carbons (Fsp3) is 0.312. The summed E-state index contributed by atoms with van der Waals surface area (Å²) < 4.78 is 26.7. The van der Waals surface area contributed by atoms with Crippen molar-refractivity contribution in [1.82, 2.24) is 9.97 Å². The first-order chi connectivity index (χ1) is 11.6. The van der Waals surface area contributed by atoms with Crippen LogP contribution >= 0.6 is 0 Å². The molecule has 3 rings (SSSR count). The Kier molecular flexibility index (Phi) is 4.77. The first kappa shape index (κ1) is 16.4. The van der Waals surface area contributed by atoms with Crippen LogP contribution in [0.5, 0.6) is 0 Å². The molecule has 0 spiro atoms. The zero-order valence-corrected chi connectivity index (χ0v) is 12.6. The third-order valence-corrected chi connectivity index (χ3v) is 3.45. The fourth-order valence-corrected chi connectivity index (χ4v) is 1.90. The molecule has 2 aromatic rings. The van der Waals surface area contributed by atoms with Crippen molar-refractivity contribution in [3.8, 4) is 0 Å². The molecule has 0 amide bonds. The molecule has 0 radical (unpaired) electrons. The van der Waals surface area contributed by atoms with E-state index >= 15 is 0 Å². The molecule has 0 bridgehead atoms. The van der Waals surface area contributed by atoms with E-state index in [-0.39, 0.29) is 23.2 Å². The minimum Gasteiger partial charge on any atom is -0.393 e. The van der Waals surface area contributed by atoms with Gasteiger partial charge in [-0.15, -0.1) is 0 Å². The Labute approximate surface area is 136 Å². The number of hydrogen-bond acceptors (Lipinski definition) is 6. The van der Waals surface area contributed by atoms with E-state index in [0.29, 0.717) is 5.56 Å². The molecule has 1 unspecified atom stereocenters. The van der Waals surface area contributed by atoms with Gasteiger partial charge in [-0.25, -0.2) is 18.7 Å². The highest BCUT2D eigenvalue weighted by molar-refractivity contribution is 6.10. The Bertz CT molecular complexity index is 749. The maximum Gasteiger partial charge on any atom is 0.182 e. The lowest BCUT2D eigenvalue weighted by atomic mass is 10.1. The minimum atomic E-state index is -1.09. The number of aliphatic hydroxyl groups is 2. The third kappa shape index (κ3) is 3.72. The maximum atomic E-state index is 13.5. The number of nitrogens with zero attached hydrogens (tertiary/aromatic N) is 3. The molecule has 1 aliphatic carbocycles. The van der Waals surface area contributed by atoms with Crippen LogP contribution in [0.3, 0.4) is 0 Å². The van der Waals surface area contributed by atoms with Crippen LogP contribution in [-0.2, 0) is 4.84 Å². The van der Waals surface area contributed by atoms with Crippen molar-refractivity contribution >= 4 is 5.71 Å². The van der Waals surface area contributed by atoms with E-state index in [9.17, 15) is 13.9 Å². The lowest BCUT2D eigenvalue weighted by molar-refractivity contribution is 0.0950. The molecule has 24 heavy (non-hydrogen) atoms. The van der Waals surface area contributed by atoms with Gasteiger partial charge >= 0.3 is 0 Å². The van der Waals surface area contributed by atoms with Gasteiger partial charge in [-0.1, -0.05) is 5.16 Å². The summed E-state index contributed by atoms with van der Waals surface area (Å²) in [6, 6.07) is 3.33. The molecule has 1 heterocycles. The maximum absolute atomic E-state index is 13.5. The number of benzene rings is 1. The van der Waals surface area contributed by atoms with Gasteiger partial charge in [0.1, 0.15) is 12.2 Å². The van der Waals surface area contributed by atoms with Crippen molar-refractivity contribution < 1.29 is 23.8 Å². The van der Waals surface area contributed by atoms with Gasteiger partial charge in [-0.2, -0.15) is 0 Å². The molecular weight excluding hydrogens is 320 g/mol. The first-order valence-electron chi connectivity index (χ1n) is 7.39. The monoisotopic (exact) mass is 335 g/mol. The molecule has 2 N–H and O–H groups in total. The highest BCUT2D eigenvalue weighted by atomic mass is 19.2. The molecule has 8 heteroatoms. The molecule has 6 nitrogen and oxygen atoms in total. The summed E-state index contributed by atoms with van der Waals surface area (Å²) in [4.78, 5) is 13.4. The van der Waals surface area contributed by atoms with E-state index in [1.807, 2.05) is 0 Å². The standard InChI is InChI=1S/C16H15F2N3O3/c17-12-4-1-9(5-13(12)18)15(21-24-11-2-3-11)16-19-6-10(7-20-16)14(23)8-22/h1,4-7,11,14,22-23H,2-3,8H2. The quantitative estimate of drug-likeness (QED) is 0.620. The zero-order chi connectivity index (χ0) is 17.1. The second-order valence-electron chi connectivity index (χ2n) is 5.41. The summed E-state index contributed by atoms with van der Waals surface area (Å²) in [5.41, 5.74) is 0.754. The van der Waals surface area contributed by atoms with Crippen LogP contribution in [0.15, 0.2) is 35.7 Å². The van der Waals surface area contributed by atoms with Crippen LogP contribution in [0.1, 0.15) is 35.9 Å². The van der Waals surface area contributed by atoms with Gasteiger partial charge in [0.2, 0.25) is 0 Å². The largest absolute Gasteiger partial charge is 0.393 e. The van der Waals surface area contributed by atoms with Gasteiger partial charge in [0.25, 0.3) is 0 Å². The lowest BCUT2D eigenvalue weighted by Crippen LogP contribution is -2.12. The van der Waals surface area contributed by atoms with Crippen molar-refractivity contribution in [2.45, 2.75) is 25.0 Å². The van der Waals surface area contributed by atoms with Gasteiger partial charge in [0.05, 0.1) is 6.61 Å². The number of halogens is 2. The number of rotatable bonds is 6. The summed E-state index contributed by atoms with van der Waals surface area (Å²) in [6.07, 6.45) is 3.35. The molecule has 1 aromatic carbocycles. The van der Waals surface area contributed by atoms with E-state index in [4.69, 9.17) is 9.94 Å². The van der Waals surface area contributed by atoms with Crippen LogP contribution in [-0.4, -0.2) is 38.6 Å². The normalized spacial score (nSPS) is 16.1. The van der Waals surface area contributed by atoms with Crippen molar-refractivity contribution in [2.75, 3.05) is 6.61 Å². The molecule has 1 atom stereocenters. The second kappa shape index (κ2) is 6.98. The number of aliphatic hydroxyl groups excluding tert-OH is 2. The van der Waals surface area contributed by atoms with Gasteiger partial charge in [-0.3, -0.25) is 0 Å². The SMILES string of the molecule is OCC(O)c1cnc(C(=NOC2CC2)c2ccc(F)c(F)c2)nc1. The van der Waals surface area contributed by atoms with Crippen LogP contribution in [0.4, 0.5) is 8.78 Å². The summed E-state index contributed by atoms with van der Waals surface area (Å²) in [5, 5.41) is 22.5. The molecule has 126 valence electrons. The molecule has 1 saturated carbocycles. The Morgan fingerprint density at radius 1 is 1.25 bits per heavy atom. The Balaban J connectivity index is 1.94. The van der Waals surface area contributed by atoms with Crippen molar-refractivity contribution in [1.29, 1.82) is 0 Å². The van der Waals surface area contributed by atoms with E-state index in [2.05, 4.69) is 15.1 Å². The molecular formula is C16H15F2N3O3. The first-order valence-corrected chi connectivity index (χ1v) is 7.39. The van der Waals surface area contributed by atoms with Crippen molar-refractivity contribution in [2.24, 2.45) is 5.16 Å². The Hall–Kier alpha value is -2.45. The summed E-state index contributed by atoms with van der Waals surface area (Å²) >= 11 is 0. The number of oxime groups is 1. The van der Waals surface area contributed by atoms with Crippen LogP contribution in [0.25, 0.3) is 0 Å². The van der Waals surface area contributed by atoms with E-state index < -0.39 is 24.3 Å². The van der Waals surface area contributed by atoms with E-state index in [1.165, 1.54) is 18.5 Å². The highest BCUT2D eigenvalue weighted by Gasteiger charge is 2.24. The average Bonchev–Trinajstić information content (AvgIpc) is 3.42. The predicted octanol–water partition coefficient (Wildman–Crippen LogP) is 1.71. The van der Waals surface area contributed by atoms with Crippen LogP contribution in [0, 0.1) is 11.6 Å². The van der Waals surface area contributed by atoms with Crippen LogP contribution < -0.4 is 0 Å². The minimum absolute atomic E-state index is 0.0146. The summed E-state index contributed by atoms with van der Waals surface area (Å²) in [6.45, 7) is -0.461. The highest BCUT2D eigenvalue weighted by Crippen LogP contribution is 2.24. The Morgan fingerprint density at radius 3 is 2.54 bits per heavy atom. The van der Waals surface area contributed by atoms with Gasteiger partial charge in [0, 0.05) is 23.5 Å². The Morgan fingerprint density at radius 2 is 1.96 bits per heavy atom. The van der Waals surface area contributed by atoms with Gasteiger partial charge in [0.15, 0.2) is 23.2 Å². The van der Waals surface area contributed by atoms with Gasteiger partial charge < -0.3 is 15.1 Å². The summed E-state index contributed by atoms with van der Waals surface area (Å²) in [7, 11) is 0. The van der Waals surface area contributed by atoms with Crippen molar-refractivity contribution in [3.63, 3.8) is 0 Å². The smallest absolute Gasteiger partial charge is 0.182 e. The summed E-state index contributed by atoms with van der Waals surface area (Å²) in [5.74, 6) is -1.85. The molecule has 0 saturated heterocycles. The fourth-order valence-electron chi connectivity index (χ4n) is 1.90. The molecule has 0 aliphatic heterocycles. The predicted molar refractivity (Wildman–Crippen MR) is 80.2 cm³/mol. The van der Waals surface area contributed by atoms with Crippen LogP contribution in [0.2, 0.25) is 0 Å². The lowest BCUT2D eigenvalue weighted by Gasteiger charge is -2.09. The molecule has 1 aliphatic rings. The topological polar surface area (TPSA) is 87.8 Å². The third-order valence-electron chi connectivity index (χ3n) is 3.45. The zero-order valence-electron chi connectivity index (χ0n) is 12.6. The van der Waals surface area contributed by atoms with E-state index in [0.717, 1.165) is 25.0 Å². The molecule has 1 fully saturated rings.